The average molecular weight is 501 g/mol. The maximum absolute atomic E-state index is 11.6. The molecule has 9 nitrogen and oxygen atoms in total. The second kappa shape index (κ2) is 11.2. The van der Waals surface area contributed by atoms with Crippen LogP contribution in [-0.4, -0.2) is 48.8 Å². The number of carbonyl (C=O) groups is 1. The Hall–Kier alpha value is -0.314. The summed E-state index contributed by atoms with van der Waals surface area (Å²) >= 11 is 0. The van der Waals surface area contributed by atoms with Gasteiger partial charge in [-0.2, -0.15) is 16.8 Å². The maximum atomic E-state index is 11.6. The molecule has 0 aromatic heterocycles. The van der Waals surface area contributed by atoms with Gasteiger partial charge in [-0.25, -0.2) is 0 Å². The van der Waals surface area contributed by atoms with Crippen LogP contribution >= 0.6 is 0 Å². The van der Waals surface area contributed by atoms with E-state index in [0.29, 0.717) is 24.8 Å². The van der Waals surface area contributed by atoms with Gasteiger partial charge in [0.2, 0.25) is 0 Å². The van der Waals surface area contributed by atoms with Gasteiger partial charge in [-0.1, -0.05) is 19.4 Å². The number of aliphatic carboxylic acids is 1. The Morgan fingerprint density at radius 3 is 2.39 bits per heavy atom. The summed E-state index contributed by atoms with van der Waals surface area (Å²) in [6.07, 6.45) is 5.15. The van der Waals surface area contributed by atoms with E-state index in [2.05, 4.69) is 0 Å². The first-order chi connectivity index (χ1) is 13.8. The van der Waals surface area contributed by atoms with Crippen molar-refractivity contribution in [3.63, 3.8) is 0 Å². The van der Waals surface area contributed by atoms with Crippen LogP contribution in [0.4, 0.5) is 5.69 Å². The zero-order chi connectivity index (χ0) is 22.7. The molecule has 0 radical (unpaired) electrons. The Morgan fingerprint density at radius 1 is 1.19 bits per heavy atom. The van der Waals surface area contributed by atoms with Gasteiger partial charge < -0.3 is 10.0 Å². The Bertz CT molecular complexity index is 1040. The van der Waals surface area contributed by atoms with Crippen molar-refractivity contribution < 1.29 is 87.2 Å². The molecule has 0 spiro atoms. The fraction of sp³-hybridized carbons (Fsp3) is 0.526. The normalized spacial score (nSPS) is 21.2. The number of unbranched alkanes of at least 4 members (excludes halogenated alkanes) is 1. The summed E-state index contributed by atoms with van der Waals surface area (Å²) in [4.78, 5) is 12.5. The van der Waals surface area contributed by atoms with Gasteiger partial charge in [0.25, 0.3) is 20.2 Å². The number of carboxylic acids is 1. The van der Waals surface area contributed by atoms with E-state index in [9.17, 15) is 26.2 Å². The van der Waals surface area contributed by atoms with Crippen LogP contribution in [0.25, 0.3) is 0 Å². The number of allylic oxidation sites excluding steroid dienone is 1. The third kappa shape index (κ3) is 7.61. The molecule has 1 aromatic carbocycles. The summed E-state index contributed by atoms with van der Waals surface area (Å²) in [5.74, 6) is -1.29. The summed E-state index contributed by atoms with van der Waals surface area (Å²) in [6.45, 7) is 3.90. The predicted octanol–water partition coefficient (Wildman–Crippen LogP) is -0.160. The van der Waals surface area contributed by atoms with Gasteiger partial charge in [-0.3, -0.25) is 13.9 Å². The minimum atomic E-state index is -4.39. The first-order valence-electron chi connectivity index (χ1n) is 9.50. The molecule has 1 aromatic rings. The van der Waals surface area contributed by atoms with Gasteiger partial charge in [0.1, 0.15) is 0 Å². The number of carboxylic acid groups (broad SMARTS) is 1. The van der Waals surface area contributed by atoms with E-state index in [1.807, 2.05) is 18.7 Å². The van der Waals surface area contributed by atoms with Crippen LogP contribution in [0.2, 0.25) is 0 Å². The molecule has 0 aliphatic carbocycles. The monoisotopic (exact) mass is 500 g/mol. The van der Waals surface area contributed by atoms with Gasteiger partial charge in [0, 0.05) is 29.8 Å². The molecule has 0 saturated carbocycles. The third-order valence-electron chi connectivity index (χ3n) is 5.64. The number of hydrogen-bond acceptors (Lipinski definition) is 6. The standard InChI is InChI=1S/C19H27NO8S2.K/c1-14-19(2,10-4-3-7-18(21)22)16-13-15(30(26,27)28)8-9-17(16)20(14)11-5-6-12-29(23,24)25;/h5,8-9,11,13-14H,3-4,6-7,10,12H2,1-2H3,(H,21,22)(H,23,24,25)(H,26,27,28);/q;+1/b11-5+;. The zero-order valence-electron chi connectivity index (χ0n) is 17.9. The van der Waals surface area contributed by atoms with Crippen molar-refractivity contribution in [3.05, 3.63) is 36.0 Å². The van der Waals surface area contributed by atoms with Crippen LogP contribution in [0, 0.1) is 0 Å². The molecule has 168 valence electrons. The van der Waals surface area contributed by atoms with Crippen LogP contribution in [0.1, 0.15) is 51.5 Å². The van der Waals surface area contributed by atoms with Gasteiger partial charge in [0.05, 0.1) is 10.6 Å². The van der Waals surface area contributed by atoms with Crippen LogP contribution in [0.3, 0.4) is 0 Å². The number of anilines is 1. The number of nitrogens with zero attached hydrogens (tertiary/aromatic N) is 1. The molecule has 12 heteroatoms. The molecule has 0 amide bonds. The first kappa shape index (κ1) is 28.7. The molecular formula is C19H27KNO8S2+. The summed E-state index contributed by atoms with van der Waals surface area (Å²) in [7, 11) is -8.46. The summed E-state index contributed by atoms with van der Waals surface area (Å²) < 4.78 is 63.4. The van der Waals surface area contributed by atoms with Crippen molar-refractivity contribution in [2.75, 3.05) is 10.7 Å². The average Bonchev–Trinajstić information content (AvgIpc) is 2.82. The Morgan fingerprint density at radius 2 is 1.84 bits per heavy atom. The molecule has 1 aliphatic rings. The van der Waals surface area contributed by atoms with Gasteiger partial charge in [-0.15, -0.1) is 0 Å². The van der Waals surface area contributed by atoms with Crippen LogP contribution in [0.5, 0.6) is 0 Å². The Kier molecular flexibility index (Phi) is 10.4. The molecule has 0 bridgehead atoms. The molecule has 2 rings (SSSR count). The van der Waals surface area contributed by atoms with E-state index in [1.165, 1.54) is 12.1 Å². The van der Waals surface area contributed by atoms with Crippen molar-refractivity contribution in [1.82, 2.24) is 0 Å². The Labute approximate surface area is 225 Å². The second-order valence-electron chi connectivity index (χ2n) is 7.72. The van der Waals surface area contributed by atoms with Crippen molar-refractivity contribution in [2.24, 2.45) is 0 Å². The number of hydrogen-bond donors (Lipinski definition) is 3. The SMILES string of the molecule is CC1N(/C=C/CCS(=O)(=O)O)c2ccc(S(=O)(=O)O)cc2C1(C)CCCCC(=O)O.[K+]. The van der Waals surface area contributed by atoms with E-state index >= 15 is 0 Å². The molecule has 2 unspecified atom stereocenters. The van der Waals surface area contributed by atoms with Gasteiger partial charge in [-0.05, 0) is 49.9 Å². The van der Waals surface area contributed by atoms with Crippen LogP contribution < -0.4 is 56.3 Å². The van der Waals surface area contributed by atoms with E-state index < -0.39 is 37.4 Å². The third-order valence-corrected chi connectivity index (χ3v) is 7.25. The molecule has 1 aliphatic heterocycles. The van der Waals surface area contributed by atoms with Crippen molar-refractivity contribution >= 4 is 31.9 Å². The maximum Gasteiger partial charge on any atom is 1.00 e. The molecule has 0 fully saturated rings. The number of benzene rings is 1. The molecule has 31 heavy (non-hydrogen) atoms. The molecule has 1 heterocycles. The summed E-state index contributed by atoms with van der Waals surface area (Å²) in [5, 5.41) is 8.85. The van der Waals surface area contributed by atoms with Gasteiger partial charge >= 0.3 is 57.4 Å². The fourth-order valence-electron chi connectivity index (χ4n) is 3.83. The zero-order valence-corrected chi connectivity index (χ0v) is 22.6. The fourth-order valence-corrected chi connectivity index (χ4v) is 4.77. The quantitative estimate of drug-likeness (QED) is 0.226. The van der Waals surface area contributed by atoms with Gasteiger partial charge in [0.15, 0.2) is 0 Å². The largest absolute Gasteiger partial charge is 1.00 e. The van der Waals surface area contributed by atoms with E-state index in [-0.39, 0.29) is 75.2 Å². The molecule has 0 saturated heterocycles. The minimum Gasteiger partial charge on any atom is -0.481 e. The Balaban J connectivity index is 0.00000480. The van der Waals surface area contributed by atoms with E-state index in [1.54, 1.807) is 18.3 Å². The van der Waals surface area contributed by atoms with Crippen molar-refractivity contribution in [1.29, 1.82) is 0 Å². The van der Waals surface area contributed by atoms with Crippen LogP contribution in [-0.2, 0) is 30.4 Å². The van der Waals surface area contributed by atoms with Crippen molar-refractivity contribution in [2.45, 2.75) is 62.3 Å². The molecular weight excluding hydrogens is 473 g/mol. The number of rotatable bonds is 10. The summed E-state index contributed by atoms with van der Waals surface area (Å²) in [5.41, 5.74) is 0.903. The van der Waals surface area contributed by atoms with Crippen molar-refractivity contribution in [3.8, 4) is 0 Å². The number of fused-ring (bicyclic) bond motifs is 1. The topological polar surface area (TPSA) is 149 Å². The predicted molar refractivity (Wildman–Crippen MR) is 112 cm³/mol. The van der Waals surface area contributed by atoms with Crippen LogP contribution in [0.15, 0.2) is 35.4 Å². The summed E-state index contributed by atoms with van der Waals surface area (Å²) in [6, 6.07) is 4.18. The minimum absolute atomic E-state index is 0. The van der Waals surface area contributed by atoms with E-state index in [0.717, 1.165) is 5.69 Å². The molecule has 3 N–H and O–H groups in total. The second-order valence-corrected chi connectivity index (χ2v) is 10.7. The smallest absolute Gasteiger partial charge is 0.481 e. The molecule has 2 atom stereocenters. The first-order valence-corrected chi connectivity index (χ1v) is 12.5. The van der Waals surface area contributed by atoms with E-state index in [4.69, 9.17) is 9.66 Å².